The molecular formula is C18H23N3O2S2. The van der Waals surface area contributed by atoms with E-state index < -0.39 is 0 Å². The van der Waals surface area contributed by atoms with Crippen molar-refractivity contribution in [1.29, 1.82) is 0 Å². The Bertz CT molecular complexity index is 816. The average Bonchev–Trinajstić information content (AvgIpc) is 3.19. The number of nitrogens with zero attached hydrogens (tertiary/aromatic N) is 3. The minimum absolute atomic E-state index is 0.0732. The fourth-order valence-corrected chi connectivity index (χ4v) is 5.77. The van der Waals surface area contributed by atoms with E-state index in [0.29, 0.717) is 0 Å². The highest BCUT2D eigenvalue weighted by Gasteiger charge is 2.40. The van der Waals surface area contributed by atoms with Gasteiger partial charge < -0.3 is 14.3 Å². The zero-order valence-electron chi connectivity index (χ0n) is 15.1. The third kappa shape index (κ3) is 2.73. The Labute approximate surface area is 156 Å². The molecule has 134 valence electrons. The number of piperazine rings is 1. The molecular weight excluding hydrogens is 354 g/mol. The van der Waals surface area contributed by atoms with Gasteiger partial charge in [0, 0.05) is 37.3 Å². The Morgan fingerprint density at radius 2 is 2.04 bits per heavy atom. The van der Waals surface area contributed by atoms with E-state index in [0.717, 1.165) is 64.1 Å². The smallest absolute Gasteiger partial charge is 0.264 e. The summed E-state index contributed by atoms with van der Waals surface area (Å²) in [5, 5.41) is 4.05. The van der Waals surface area contributed by atoms with Crippen LogP contribution in [0, 0.1) is 0 Å². The van der Waals surface area contributed by atoms with Crippen molar-refractivity contribution >= 4 is 29.0 Å². The van der Waals surface area contributed by atoms with Gasteiger partial charge in [-0.2, -0.15) is 0 Å². The van der Waals surface area contributed by atoms with Crippen LogP contribution >= 0.6 is 23.1 Å². The number of aromatic nitrogens is 1. The number of hydrogen-bond acceptors (Lipinski definition) is 6. The number of carbonyl (C=O) groups is 1. The third-order valence-electron chi connectivity index (χ3n) is 5.29. The molecule has 0 bridgehead atoms. The first-order valence-corrected chi connectivity index (χ1v) is 10.6. The molecule has 0 aromatic carbocycles. The van der Waals surface area contributed by atoms with Crippen molar-refractivity contribution in [2.45, 2.75) is 29.9 Å². The highest BCUT2D eigenvalue weighted by atomic mass is 32.2. The SMILES string of the molecule is CSc1sc(C(=O)N2CCN(C)CC2)c2c1-c1oncc1C(C)(C)C2. The lowest BCUT2D eigenvalue weighted by Gasteiger charge is -2.33. The van der Waals surface area contributed by atoms with Crippen molar-refractivity contribution in [3.8, 4) is 11.3 Å². The van der Waals surface area contributed by atoms with Crippen molar-refractivity contribution in [2.75, 3.05) is 39.5 Å². The number of thiophene rings is 1. The molecule has 1 amide bonds. The number of fused-ring (bicyclic) bond motifs is 3. The van der Waals surface area contributed by atoms with Gasteiger partial charge in [-0.25, -0.2) is 0 Å². The van der Waals surface area contributed by atoms with Gasteiger partial charge >= 0.3 is 0 Å². The number of amides is 1. The summed E-state index contributed by atoms with van der Waals surface area (Å²) in [6.45, 7) is 7.87. The molecule has 1 aliphatic heterocycles. The van der Waals surface area contributed by atoms with Crippen LogP contribution in [-0.2, 0) is 11.8 Å². The normalized spacial score (nSPS) is 19.6. The minimum Gasteiger partial charge on any atom is -0.356 e. The van der Waals surface area contributed by atoms with Gasteiger partial charge in [-0.05, 0) is 30.7 Å². The van der Waals surface area contributed by atoms with E-state index in [-0.39, 0.29) is 11.3 Å². The van der Waals surface area contributed by atoms with E-state index in [9.17, 15) is 4.79 Å². The maximum atomic E-state index is 13.2. The summed E-state index contributed by atoms with van der Waals surface area (Å²) in [7, 11) is 2.11. The van der Waals surface area contributed by atoms with Gasteiger partial charge in [0.25, 0.3) is 5.91 Å². The summed E-state index contributed by atoms with van der Waals surface area (Å²) in [5.74, 6) is 1.03. The molecule has 1 fully saturated rings. The lowest BCUT2D eigenvalue weighted by atomic mass is 9.73. The van der Waals surface area contributed by atoms with Crippen molar-refractivity contribution < 1.29 is 9.32 Å². The molecule has 3 heterocycles. The van der Waals surface area contributed by atoms with E-state index in [1.54, 1.807) is 23.1 Å². The fourth-order valence-electron chi connectivity index (χ4n) is 3.75. The number of likely N-dealkylation sites (N-methyl/N-ethyl adjacent to an activating group) is 1. The Morgan fingerprint density at radius 1 is 1.32 bits per heavy atom. The van der Waals surface area contributed by atoms with Crippen LogP contribution < -0.4 is 0 Å². The lowest BCUT2D eigenvalue weighted by molar-refractivity contribution is 0.0668. The number of thioether (sulfide) groups is 1. The van der Waals surface area contributed by atoms with Crippen LogP contribution in [-0.4, -0.2) is 60.3 Å². The Kier molecular flexibility index (Phi) is 4.21. The largest absolute Gasteiger partial charge is 0.356 e. The molecule has 1 aliphatic carbocycles. The summed E-state index contributed by atoms with van der Waals surface area (Å²) >= 11 is 3.30. The van der Waals surface area contributed by atoms with E-state index >= 15 is 0 Å². The van der Waals surface area contributed by atoms with Gasteiger partial charge in [0.1, 0.15) is 0 Å². The predicted molar refractivity (Wildman–Crippen MR) is 102 cm³/mol. The Morgan fingerprint density at radius 3 is 2.72 bits per heavy atom. The van der Waals surface area contributed by atoms with Crippen LogP contribution in [0.2, 0.25) is 0 Å². The van der Waals surface area contributed by atoms with Gasteiger partial charge in [0.2, 0.25) is 0 Å². The van der Waals surface area contributed by atoms with E-state index in [1.165, 1.54) is 0 Å². The van der Waals surface area contributed by atoms with Gasteiger partial charge in [-0.1, -0.05) is 19.0 Å². The number of carbonyl (C=O) groups excluding carboxylic acids is 1. The van der Waals surface area contributed by atoms with Gasteiger partial charge in [0.15, 0.2) is 5.76 Å². The molecule has 0 unspecified atom stereocenters. The fraction of sp³-hybridized carbons (Fsp3) is 0.556. The Balaban J connectivity index is 1.78. The maximum Gasteiger partial charge on any atom is 0.264 e. The summed E-state index contributed by atoms with van der Waals surface area (Å²) in [4.78, 5) is 18.4. The standard InChI is InChI=1S/C18H23N3O2S2/c1-18(2)9-11-13(14-12(18)10-19-23-14)17(24-4)25-15(11)16(22)21-7-5-20(3)6-8-21/h10H,5-9H2,1-4H3. The van der Waals surface area contributed by atoms with Crippen LogP contribution in [0.3, 0.4) is 0 Å². The second-order valence-electron chi connectivity index (χ2n) is 7.50. The summed E-state index contributed by atoms with van der Waals surface area (Å²) < 4.78 is 6.78. The molecule has 0 radical (unpaired) electrons. The molecule has 7 heteroatoms. The quantitative estimate of drug-likeness (QED) is 0.751. The van der Waals surface area contributed by atoms with Crippen LogP contribution in [0.1, 0.15) is 34.6 Å². The number of rotatable bonds is 2. The van der Waals surface area contributed by atoms with Crippen molar-refractivity contribution in [3.05, 3.63) is 22.2 Å². The van der Waals surface area contributed by atoms with Crippen LogP contribution in [0.4, 0.5) is 0 Å². The van der Waals surface area contributed by atoms with Gasteiger partial charge in [0.05, 0.1) is 15.3 Å². The first-order valence-electron chi connectivity index (χ1n) is 8.55. The molecule has 2 aromatic heterocycles. The zero-order chi connectivity index (χ0) is 17.8. The molecule has 0 atom stereocenters. The molecule has 2 aliphatic rings. The molecule has 0 spiro atoms. The van der Waals surface area contributed by atoms with Crippen molar-refractivity contribution in [1.82, 2.24) is 15.0 Å². The summed E-state index contributed by atoms with van der Waals surface area (Å²) in [6.07, 6.45) is 4.75. The van der Waals surface area contributed by atoms with Gasteiger partial charge in [-0.3, -0.25) is 4.79 Å². The summed E-state index contributed by atoms with van der Waals surface area (Å²) in [5.41, 5.74) is 3.32. The average molecular weight is 378 g/mol. The first-order chi connectivity index (χ1) is 11.9. The molecule has 5 nitrogen and oxygen atoms in total. The van der Waals surface area contributed by atoms with E-state index in [1.807, 2.05) is 11.1 Å². The van der Waals surface area contributed by atoms with Crippen LogP contribution in [0.15, 0.2) is 14.9 Å². The zero-order valence-corrected chi connectivity index (χ0v) is 16.7. The predicted octanol–water partition coefficient (Wildman–Crippen LogP) is 3.35. The van der Waals surface area contributed by atoms with E-state index in [2.05, 4.69) is 37.2 Å². The first kappa shape index (κ1) is 17.1. The van der Waals surface area contributed by atoms with Crippen molar-refractivity contribution in [3.63, 3.8) is 0 Å². The highest BCUT2D eigenvalue weighted by molar-refractivity contribution is 8.00. The maximum absolute atomic E-state index is 13.2. The molecule has 25 heavy (non-hydrogen) atoms. The summed E-state index contributed by atoms with van der Waals surface area (Å²) in [6, 6.07) is 0. The number of hydrogen-bond donors (Lipinski definition) is 0. The van der Waals surface area contributed by atoms with Crippen molar-refractivity contribution in [2.24, 2.45) is 0 Å². The Hall–Kier alpha value is -1.31. The lowest BCUT2D eigenvalue weighted by Crippen LogP contribution is -2.47. The molecule has 2 aromatic rings. The third-order valence-corrected chi connectivity index (χ3v) is 7.63. The second kappa shape index (κ2) is 6.14. The highest BCUT2D eigenvalue weighted by Crippen LogP contribution is 2.51. The van der Waals surface area contributed by atoms with Gasteiger partial charge in [-0.15, -0.1) is 23.1 Å². The monoisotopic (exact) mass is 377 g/mol. The minimum atomic E-state index is -0.0732. The molecule has 0 N–H and O–H groups in total. The molecule has 1 saturated heterocycles. The van der Waals surface area contributed by atoms with Crippen LogP contribution in [0.5, 0.6) is 0 Å². The van der Waals surface area contributed by atoms with Crippen LogP contribution in [0.25, 0.3) is 11.3 Å². The second-order valence-corrected chi connectivity index (χ2v) is 9.60. The molecule has 4 rings (SSSR count). The molecule has 0 saturated carbocycles. The topological polar surface area (TPSA) is 49.6 Å². The van der Waals surface area contributed by atoms with E-state index in [4.69, 9.17) is 4.52 Å².